The van der Waals surface area contributed by atoms with Gasteiger partial charge < -0.3 is 25.7 Å². The van der Waals surface area contributed by atoms with Crippen molar-refractivity contribution in [3.8, 4) is 11.3 Å². The Morgan fingerprint density at radius 1 is 1.21 bits per heavy atom. The molecule has 5 rings (SSSR count). The van der Waals surface area contributed by atoms with Crippen LogP contribution >= 0.6 is 0 Å². The van der Waals surface area contributed by atoms with Gasteiger partial charge in [-0.25, -0.2) is 0 Å². The highest BCUT2D eigenvalue weighted by atomic mass is 16.5. The Morgan fingerprint density at radius 2 is 1.97 bits per heavy atom. The second-order valence-electron chi connectivity index (χ2n) is 9.78. The Labute approximate surface area is 200 Å². The van der Waals surface area contributed by atoms with Crippen LogP contribution in [-0.4, -0.2) is 39.9 Å². The molecule has 7 heteroatoms. The molecule has 3 aromatic rings. The van der Waals surface area contributed by atoms with Crippen LogP contribution in [0.4, 0.5) is 0 Å². The largest absolute Gasteiger partial charge is 0.471 e. The van der Waals surface area contributed by atoms with Gasteiger partial charge >= 0.3 is 0 Å². The monoisotopic (exact) mass is 459 g/mol. The number of nitrogens with two attached hydrogens (primary N) is 1. The van der Waals surface area contributed by atoms with Gasteiger partial charge in [-0.1, -0.05) is 19.9 Å². The first kappa shape index (κ1) is 22.5. The number of nitrogens with one attached hydrogen (secondary N) is 2. The van der Waals surface area contributed by atoms with Crippen molar-refractivity contribution in [2.24, 2.45) is 5.73 Å². The molecule has 4 heterocycles. The average Bonchev–Trinajstić information content (AvgIpc) is 3.41. The van der Waals surface area contributed by atoms with Gasteiger partial charge in [-0.05, 0) is 69.0 Å². The highest BCUT2D eigenvalue weighted by Gasteiger charge is 2.38. The molecule has 2 atom stereocenters. The molecular weight excluding hydrogens is 426 g/mol. The van der Waals surface area contributed by atoms with Gasteiger partial charge in [0, 0.05) is 46.0 Å². The molecular formula is C27H33N5O2. The molecule has 2 aromatic heterocycles. The lowest BCUT2D eigenvalue weighted by molar-refractivity contribution is -0.117. The van der Waals surface area contributed by atoms with E-state index >= 15 is 0 Å². The summed E-state index contributed by atoms with van der Waals surface area (Å²) in [6.07, 6.45) is 3.20. The van der Waals surface area contributed by atoms with E-state index in [0.717, 1.165) is 59.7 Å². The first-order chi connectivity index (χ1) is 16.3. The number of carbonyl (C=O) groups is 1. The van der Waals surface area contributed by atoms with E-state index < -0.39 is 5.91 Å². The third-order valence-corrected chi connectivity index (χ3v) is 6.85. The Hall–Kier alpha value is -3.32. The number of rotatable bonds is 5. The number of benzene rings is 1. The minimum Gasteiger partial charge on any atom is -0.471 e. The third kappa shape index (κ3) is 3.94. The summed E-state index contributed by atoms with van der Waals surface area (Å²) < 4.78 is 6.07. The Bertz CT molecular complexity index is 1250. The van der Waals surface area contributed by atoms with Gasteiger partial charge in [-0.15, -0.1) is 0 Å². The molecule has 1 amide bonds. The van der Waals surface area contributed by atoms with Crippen molar-refractivity contribution in [2.75, 3.05) is 13.1 Å². The maximum Gasteiger partial charge on any atom is 0.268 e. The second kappa shape index (κ2) is 8.80. The minimum absolute atomic E-state index is 0.157. The summed E-state index contributed by atoms with van der Waals surface area (Å²) in [5, 5.41) is 4.61. The van der Waals surface area contributed by atoms with Gasteiger partial charge in [0.15, 0.2) is 6.23 Å². The van der Waals surface area contributed by atoms with Gasteiger partial charge in [0.1, 0.15) is 12.0 Å². The number of carbonyl (C=O) groups excluding carboxylic acids is 1. The van der Waals surface area contributed by atoms with Gasteiger partial charge in [-0.2, -0.15) is 0 Å². The number of pyridine rings is 1. The molecule has 2 aliphatic rings. The third-order valence-electron chi connectivity index (χ3n) is 6.85. The molecule has 1 fully saturated rings. The number of nitrogens with zero attached hydrogens (tertiary/aromatic N) is 2. The fraction of sp³-hybridized carbons (Fsp3) is 0.407. The van der Waals surface area contributed by atoms with E-state index in [1.165, 1.54) is 17.2 Å². The molecule has 4 N–H and O–H groups in total. The number of ether oxygens (including phenoxy) is 1. The number of aromatic nitrogens is 2. The molecule has 0 spiro atoms. The summed E-state index contributed by atoms with van der Waals surface area (Å²) in [4.78, 5) is 22.5. The SMILES string of the molecule is Cc1cc(-c2[nH]c3ccc(C4OC=C(C(N)=O)N4C4CCCNC4)cc3c2C(C)C)cc(C)n1. The molecule has 7 nitrogen and oxygen atoms in total. The Morgan fingerprint density at radius 3 is 2.62 bits per heavy atom. The number of hydrogen-bond donors (Lipinski definition) is 3. The lowest BCUT2D eigenvalue weighted by Gasteiger charge is -2.37. The summed E-state index contributed by atoms with van der Waals surface area (Å²) >= 11 is 0. The number of fused-ring (bicyclic) bond motifs is 1. The van der Waals surface area contributed by atoms with E-state index in [2.05, 4.69) is 64.4 Å². The number of amides is 1. The van der Waals surface area contributed by atoms with Crippen LogP contribution < -0.4 is 11.1 Å². The van der Waals surface area contributed by atoms with E-state index in [1.807, 2.05) is 13.8 Å². The Kier molecular flexibility index (Phi) is 5.81. The molecule has 0 bridgehead atoms. The normalized spacial score (nSPS) is 20.6. The van der Waals surface area contributed by atoms with E-state index in [1.54, 1.807) is 0 Å². The topological polar surface area (TPSA) is 96.3 Å². The van der Waals surface area contributed by atoms with E-state index in [-0.39, 0.29) is 12.3 Å². The summed E-state index contributed by atoms with van der Waals surface area (Å²) in [5.74, 6) is -0.139. The molecule has 178 valence electrons. The maximum atomic E-state index is 12.2. The standard InChI is InChI=1S/C27H33N5O2/c1-15(2)24-21-12-18(7-8-22(21)31-25(24)19-10-16(3)30-17(4)11-19)27-32(20-6-5-9-29-13-20)23(14-34-27)26(28)33/h7-8,10-12,14-15,20,27,29,31H,5-6,9,13H2,1-4H3,(H2,28,33). The zero-order valence-corrected chi connectivity index (χ0v) is 20.3. The zero-order valence-electron chi connectivity index (χ0n) is 20.3. The highest BCUT2D eigenvalue weighted by molar-refractivity contribution is 5.93. The van der Waals surface area contributed by atoms with Crippen LogP contribution in [0.5, 0.6) is 0 Å². The van der Waals surface area contributed by atoms with Gasteiger partial charge in [0.05, 0.1) is 5.69 Å². The number of aryl methyl sites for hydroxylation is 2. The van der Waals surface area contributed by atoms with E-state index in [0.29, 0.717) is 11.6 Å². The molecule has 1 saturated heterocycles. The number of aromatic amines is 1. The fourth-order valence-corrected chi connectivity index (χ4v) is 5.46. The van der Waals surface area contributed by atoms with Crippen LogP contribution in [0.15, 0.2) is 42.3 Å². The number of H-pyrrole nitrogens is 1. The summed E-state index contributed by atoms with van der Waals surface area (Å²) in [6.45, 7) is 10.3. The molecule has 2 aliphatic heterocycles. The van der Waals surface area contributed by atoms with Crippen molar-refractivity contribution >= 4 is 16.8 Å². The summed E-state index contributed by atoms with van der Waals surface area (Å²) in [7, 11) is 0. The Balaban J connectivity index is 1.60. The number of piperidine rings is 1. The van der Waals surface area contributed by atoms with Gasteiger partial charge in [0.25, 0.3) is 5.91 Å². The lowest BCUT2D eigenvalue weighted by Crippen LogP contribution is -2.47. The minimum atomic E-state index is -0.454. The molecule has 0 radical (unpaired) electrons. The molecule has 2 unspecified atom stereocenters. The first-order valence-electron chi connectivity index (χ1n) is 12.1. The van der Waals surface area contributed by atoms with Crippen molar-refractivity contribution in [1.29, 1.82) is 0 Å². The average molecular weight is 460 g/mol. The van der Waals surface area contributed by atoms with Gasteiger partial charge in [0.2, 0.25) is 0 Å². The second-order valence-corrected chi connectivity index (χ2v) is 9.78. The molecule has 34 heavy (non-hydrogen) atoms. The zero-order chi connectivity index (χ0) is 24.0. The van der Waals surface area contributed by atoms with Crippen LogP contribution in [0.3, 0.4) is 0 Å². The molecule has 1 aromatic carbocycles. The van der Waals surface area contributed by atoms with E-state index in [4.69, 9.17) is 10.5 Å². The molecule has 0 saturated carbocycles. The van der Waals surface area contributed by atoms with Crippen LogP contribution in [0, 0.1) is 13.8 Å². The van der Waals surface area contributed by atoms with Crippen LogP contribution in [-0.2, 0) is 9.53 Å². The summed E-state index contributed by atoms with van der Waals surface area (Å²) in [5.41, 5.74) is 13.8. The fourth-order valence-electron chi connectivity index (χ4n) is 5.46. The predicted octanol–water partition coefficient (Wildman–Crippen LogP) is 4.38. The van der Waals surface area contributed by atoms with Crippen LogP contribution in [0.1, 0.15) is 61.3 Å². The van der Waals surface area contributed by atoms with Crippen molar-refractivity contribution in [1.82, 2.24) is 20.2 Å². The van der Waals surface area contributed by atoms with Crippen LogP contribution in [0.25, 0.3) is 22.2 Å². The molecule has 0 aliphatic carbocycles. The van der Waals surface area contributed by atoms with Gasteiger partial charge in [-0.3, -0.25) is 9.78 Å². The van der Waals surface area contributed by atoms with E-state index in [9.17, 15) is 4.79 Å². The smallest absolute Gasteiger partial charge is 0.268 e. The highest BCUT2D eigenvalue weighted by Crippen LogP contribution is 2.40. The maximum absolute atomic E-state index is 12.2. The van der Waals surface area contributed by atoms with Crippen molar-refractivity contribution in [2.45, 2.75) is 58.7 Å². The number of primary amides is 1. The van der Waals surface area contributed by atoms with Crippen molar-refractivity contribution in [3.63, 3.8) is 0 Å². The summed E-state index contributed by atoms with van der Waals surface area (Å²) in [6, 6.07) is 10.8. The van der Waals surface area contributed by atoms with Crippen molar-refractivity contribution < 1.29 is 9.53 Å². The number of hydrogen-bond acceptors (Lipinski definition) is 5. The quantitative estimate of drug-likeness (QED) is 0.526. The van der Waals surface area contributed by atoms with Crippen molar-refractivity contribution in [3.05, 3.63) is 64.8 Å². The predicted molar refractivity (Wildman–Crippen MR) is 134 cm³/mol. The first-order valence-corrected chi connectivity index (χ1v) is 12.1. The van der Waals surface area contributed by atoms with Crippen LogP contribution in [0.2, 0.25) is 0 Å². The lowest BCUT2D eigenvalue weighted by atomic mass is 9.94.